The van der Waals surface area contributed by atoms with Crippen LogP contribution in [0.5, 0.6) is 0 Å². The molecule has 1 saturated heterocycles. The van der Waals surface area contributed by atoms with E-state index in [1.807, 2.05) is 6.92 Å². The number of rotatable bonds is 4. The second-order valence-corrected chi connectivity index (χ2v) is 8.01. The lowest BCUT2D eigenvalue weighted by atomic mass is 10.1. The largest absolute Gasteiger partial charge is 0.375 e. The van der Waals surface area contributed by atoms with E-state index in [1.54, 1.807) is 23.1 Å². The van der Waals surface area contributed by atoms with Gasteiger partial charge in [-0.2, -0.15) is 0 Å². The Morgan fingerprint density at radius 1 is 1.35 bits per heavy atom. The molecular weight excluding hydrogens is 378 g/mol. The van der Waals surface area contributed by atoms with Crippen LogP contribution in [0.15, 0.2) is 47.5 Å². The van der Waals surface area contributed by atoms with E-state index < -0.39 is 10.0 Å². The molecule has 1 aromatic heterocycles. The zero-order valence-electron chi connectivity index (χ0n) is 14.1. The first-order valence-electron chi connectivity index (χ1n) is 8.00. The SMILES string of the molecule is CC1CN(C(=O)c2cccc(NS(=O)(=O)c3ccc(Cl)nc3)c2)CCO1. The van der Waals surface area contributed by atoms with Crippen LogP contribution in [0.4, 0.5) is 5.69 Å². The van der Waals surface area contributed by atoms with Gasteiger partial charge < -0.3 is 9.64 Å². The first kappa shape index (κ1) is 18.6. The molecule has 1 amide bonds. The number of hydrogen-bond acceptors (Lipinski definition) is 5. The maximum Gasteiger partial charge on any atom is 0.263 e. The number of carbonyl (C=O) groups is 1. The highest BCUT2D eigenvalue weighted by Gasteiger charge is 2.23. The second-order valence-electron chi connectivity index (χ2n) is 5.94. The van der Waals surface area contributed by atoms with Gasteiger partial charge in [0.25, 0.3) is 15.9 Å². The van der Waals surface area contributed by atoms with Crippen LogP contribution in [0.1, 0.15) is 17.3 Å². The van der Waals surface area contributed by atoms with Gasteiger partial charge in [-0.3, -0.25) is 9.52 Å². The lowest BCUT2D eigenvalue weighted by Gasteiger charge is -2.31. The third kappa shape index (κ3) is 4.32. The van der Waals surface area contributed by atoms with Crippen LogP contribution in [0.25, 0.3) is 0 Å². The lowest BCUT2D eigenvalue weighted by Crippen LogP contribution is -2.44. The van der Waals surface area contributed by atoms with Crippen molar-refractivity contribution in [2.45, 2.75) is 17.9 Å². The van der Waals surface area contributed by atoms with Gasteiger partial charge in [-0.25, -0.2) is 13.4 Å². The fourth-order valence-corrected chi connectivity index (χ4v) is 3.74. The van der Waals surface area contributed by atoms with Gasteiger partial charge in [0.15, 0.2) is 0 Å². The van der Waals surface area contributed by atoms with Gasteiger partial charge in [-0.1, -0.05) is 17.7 Å². The standard InChI is InChI=1S/C17H18ClN3O4S/c1-12-11-21(7-8-25-12)17(22)13-3-2-4-14(9-13)20-26(23,24)15-5-6-16(18)19-10-15/h2-6,9-10,12,20H,7-8,11H2,1H3. The van der Waals surface area contributed by atoms with Crippen molar-refractivity contribution in [3.05, 3.63) is 53.3 Å². The molecule has 1 aliphatic heterocycles. The maximum absolute atomic E-state index is 12.6. The van der Waals surface area contributed by atoms with Crippen LogP contribution in [-0.4, -0.2) is 50.0 Å². The molecule has 1 fully saturated rings. The molecule has 1 aromatic carbocycles. The van der Waals surface area contributed by atoms with Crippen molar-refractivity contribution in [3.8, 4) is 0 Å². The van der Waals surface area contributed by atoms with Gasteiger partial charge in [0.1, 0.15) is 10.0 Å². The first-order chi connectivity index (χ1) is 12.3. The number of halogens is 1. The third-order valence-corrected chi connectivity index (χ3v) is 5.49. The van der Waals surface area contributed by atoms with E-state index in [2.05, 4.69) is 9.71 Å². The highest BCUT2D eigenvalue weighted by Crippen LogP contribution is 2.19. The van der Waals surface area contributed by atoms with Crippen molar-refractivity contribution in [2.24, 2.45) is 0 Å². The van der Waals surface area contributed by atoms with Crippen LogP contribution in [0.2, 0.25) is 5.15 Å². The Balaban J connectivity index is 1.78. The molecule has 138 valence electrons. The summed E-state index contributed by atoms with van der Waals surface area (Å²) in [6.07, 6.45) is 1.15. The number of pyridine rings is 1. The molecule has 2 heterocycles. The van der Waals surface area contributed by atoms with Crippen LogP contribution in [0, 0.1) is 0 Å². The van der Waals surface area contributed by atoms with Gasteiger partial charge in [0.2, 0.25) is 0 Å². The number of nitrogens with zero attached hydrogens (tertiary/aromatic N) is 2. The summed E-state index contributed by atoms with van der Waals surface area (Å²) in [5, 5.41) is 0.205. The molecule has 0 bridgehead atoms. The summed E-state index contributed by atoms with van der Waals surface area (Å²) in [4.78, 5) is 18.1. The molecule has 26 heavy (non-hydrogen) atoms. The Morgan fingerprint density at radius 3 is 2.85 bits per heavy atom. The van der Waals surface area contributed by atoms with Crippen LogP contribution < -0.4 is 4.72 Å². The summed E-state index contributed by atoms with van der Waals surface area (Å²) in [5.74, 6) is -0.158. The first-order valence-corrected chi connectivity index (χ1v) is 9.86. The molecule has 0 spiro atoms. The summed E-state index contributed by atoms with van der Waals surface area (Å²) in [6, 6.07) is 9.15. The van der Waals surface area contributed by atoms with E-state index in [1.165, 1.54) is 24.4 Å². The number of morpholine rings is 1. The number of anilines is 1. The van der Waals surface area contributed by atoms with E-state index in [-0.39, 0.29) is 22.1 Å². The number of amides is 1. The number of carbonyl (C=O) groups excluding carboxylic acids is 1. The number of benzene rings is 1. The van der Waals surface area contributed by atoms with Gasteiger partial charge in [0, 0.05) is 30.5 Å². The quantitative estimate of drug-likeness (QED) is 0.803. The average Bonchev–Trinajstić information content (AvgIpc) is 2.61. The van der Waals surface area contributed by atoms with E-state index in [9.17, 15) is 13.2 Å². The highest BCUT2D eigenvalue weighted by atomic mass is 35.5. The lowest BCUT2D eigenvalue weighted by molar-refractivity contribution is -0.0124. The fraction of sp³-hybridized carbons (Fsp3) is 0.294. The Bertz CT molecular complexity index is 902. The molecular formula is C17H18ClN3O4S. The minimum atomic E-state index is -3.82. The fourth-order valence-electron chi connectivity index (χ4n) is 2.64. The Kier molecular flexibility index (Phi) is 5.45. The maximum atomic E-state index is 12.6. The Labute approximate surface area is 157 Å². The molecule has 2 aromatic rings. The van der Waals surface area contributed by atoms with E-state index >= 15 is 0 Å². The van der Waals surface area contributed by atoms with E-state index in [0.29, 0.717) is 30.9 Å². The summed E-state index contributed by atoms with van der Waals surface area (Å²) >= 11 is 5.68. The van der Waals surface area contributed by atoms with Crippen molar-refractivity contribution >= 4 is 33.2 Å². The number of sulfonamides is 1. The van der Waals surface area contributed by atoms with Crippen molar-refractivity contribution in [3.63, 3.8) is 0 Å². The smallest absolute Gasteiger partial charge is 0.263 e. The van der Waals surface area contributed by atoms with Gasteiger partial charge in [-0.15, -0.1) is 0 Å². The minimum Gasteiger partial charge on any atom is -0.375 e. The third-order valence-electron chi connectivity index (χ3n) is 3.90. The van der Waals surface area contributed by atoms with Crippen molar-refractivity contribution in [1.82, 2.24) is 9.88 Å². The topological polar surface area (TPSA) is 88.6 Å². The molecule has 7 nitrogen and oxygen atoms in total. The summed E-state index contributed by atoms with van der Waals surface area (Å²) in [5.41, 5.74) is 0.709. The zero-order chi connectivity index (χ0) is 18.7. The summed E-state index contributed by atoms with van der Waals surface area (Å²) in [6.45, 7) is 3.41. The number of ether oxygens (including phenoxy) is 1. The van der Waals surface area contributed by atoms with E-state index in [4.69, 9.17) is 16.3 Å². The average molecular weight is 396 g/mol. The van der Waals surface area contributed by atoms with Crippen molar-refractivity contribution < 1.29 is 17.9 Å². The molecule has 0 saturated carbocycles. The zero-order valence-corrected chi connectivity index (χ0v) is 15.6. The molecule has 9 heteroatoms. The summed E-state index contributed by atoms with van der Waals surface area (Å²) < 4.78 is 32.8. The monoisotopic (exact) mass is 395 g/mol. The normalized spacial score (nSPS) is 17.8. The molecule has 3 rings (SSSR count). The Hall–Kier alpha value is -2.16. The second kappa shape index (κ2) is 7.61. The van der Waals surface area contributed by atoms with Crippen molar-refractivity contribution in [1.29, 1.82) is 0 Å². The minimum absolute atomic E-state index is 0.0133. The molecule has 1 unspecified atom stereocenters. The van der Waals surface area contributed by atoms with Crippen molar-refractivity contribution in [2.75, 3.05) is 24.4 Å². The molecule has 0 radical (unpaired) electrons. The highest BCUT2D eigenvalue weighted by molar-refractivity contribution is 7.92. The molecule has 1 aliphatic rings. The number of aromatic nitrogens is 1. The Morgan fingerprint density at radius 2 is 2.15 bits per heavy atom. The van der Waals surface area contributed by atoms with Gasteiger partial charge in [0.05, 0.1) is 12.7 Å². The number of nitrogens with one attached hydrogen (secondary N) is 1. The summed E-state index contributed by atoms with van der Waals surface area (Å²) in [7, 11) is -3.82. The van der Waals surface area contributed by atoms with Gasteiger partial charge >= 0.3 is 0 Å². The molecule has 0 aliphatic carbocycles. The predicted octanol–water partition coefficient (Wildman–Crippen LogP) is 2.40. The van der Waals surface area contributed by atoms with E-state index in [0.717, 1.165) is 0 Å². The van der Waals surface area contributed by atoms with Crippen LogP contribution >= 0.6 is 11.6 Å². The van der Waals surface area contributed by atoms with Crippen LogP contribution in [0.3, 0.4) is 0 Å². The number of hydrogen-bond donors (Lipinski definition) is 1. The molecule has 1 N–H and O–H groups in total. The van der Waals surface area contributed by atoms with Gasteiger partial charge in [-0.05, 0) is 37.3 Å². The molecule has 1 atom stereocenters. The van der Waals surface area contributed by atoms with Crippen LogP contribution in [-0.2, 0) is 14.8 Å². The predicted molar refractivity (Wildman–Crippen MR) is 97.8 cm³/mol.